The van der Waals surface area contributed by atoms with Crippen LogP contribution in [0.15, 0.2) is 55.2 Å². The maximum absolute atomic E-state index is 12.5. The van der Waals surface area contributed by atoms with Gasteiger partial charge in [0.15, 0.2) is 0 Å². The van der Waals surface area contributed by atoms with Gasteiger partial charge in [0.25, 0.3) is 5.91 Å². The second-order valence-electron chi connectivity index (χ2n) is 6.81. The van der Waals surface area contributed by atoms with Gasteiger partial charge in [-0.15, -0.1) is 0 Å². The number of hydrogen-bond donors (Lipinski definition) is 1. The van der Waals surface area contributed by atoms with Crippen molar-refractivity contribution >= 4 is 5.91 Å². The van der Waals surface area contributed by atoms with Gasteiger partial charge in [-0.05, 0) is 61.4 Å². The van der Waals surface area contributed by atoms with Crippen LogP contribution in [0.4, 0.5) is 0 Å². The smallest absolute Gasteiger partial charge is 0.253 e. The molecule has 0 fully saturated rings. The SMILES string of the molecule is CC(NC(=O)c1ccc(-n2ccnc2)nc1)c1ccc2c(c1)CCCC2. The van der Waals surface area contributed by atoms with Crippen molar-refractivity contribution in [2.75, 3.05) is 0 Å². The number of carbonyl (C=O) groups is 1. The van der Waals surface area contributed by atoms with E-state index in [2.05, 4.69) is 33.5 Å². The molecule has 1 aromatic carbocycles. The molecule has 1 atom stereocenters. The van der Waals surface area contributed by atoms with Gasteiger partial charge < -0.3 is 5.32 Å². The number of fused-ring (bicyclic) bond motifs is 1. The molecular weight excluding hydrogens is 324 g/mol. The van der Waals surface area contributed by atoms with Crippen LogP contribution in [-0.4, -0.2) is 20.4 Å². The van der Waals surface area contributed by atoms with Gasteiger partial charge >= 0.3 is 0 Å². The lowest BCUT2D eigenvalue weighted by Crippen LogP contribution is -2.27. The van der Waals surface area contributed by atoms with Gasteiger partial charge in [0, 0.05) is 18.6 Å². The molecule has 0 saturated carbocycles. The zero-order chi connectivity index (χ0) is 17.9. The molecule has 0 spiro atoms. The summed E-state index contributed by atoms with van der Waals surface area (Å²) < 4.78 is 1.80. The summed E-state index contributed by atoms with van der Waals surface area (Å²) in [6, 6.07) is 10.2. The fourth-order valence-corrected chi connectivity index (χ4v) is 3.45. The number of rotatable bonds is 4. The zero-order valence-corrected chi connectivity index (χ0v) is 14.9. The van der Waals surface area contributed by atoms with Gasteiger partial charge in [0.1, 0.15) is 12.1 Å². The first kappa shape index (κ1) is 16.5. The normalized spacial score (nSPS) is 14.5. The molecule has 1 unspecified atom stereocenters. The Bertz CT molecular complexity index is 900. The number of imidazole rings is 1. The molecule has 0 saturated heterocycles. The second kappa shape index (κ2) is 7.12. The fraction of sp³-hybridized carbons (Fsp3) is 0.286. The summed E-state index contributed by atoms with van der Waals surface area (Å²) in [4.78, 5) is 20.9. The lowest BCUT2D eigenvalue weighted by Gasteiger charge is -2.20. The summed E-state index contributed by atoms with van der Waals surface area (Å²) in [5.74, 6) is 0.627. The number of hydrogen-bond acceptors (Lipinski definition) is 3. The average Bonchev–Trinajstić information content (AvgIpc) is 3.22. The Morgan fingerprint density at radius 2 is 2.00 bits per heavy atom. The van der Waals surface area contributed by atoms with E-state index in [9.17, 15) is 4.79 Å². The predicted molar refractivity (Wildman–Crippen MR) is 100 cm³/mol. The Hall–Kier alpha value is -2.95. The second-order valence-corrected chi connectivity index (χ2v) is 6.81. The van der Waals surface area contributed by atoms with Crippen LogP contribution in [0.1, 0.15) is 52.9 Å². The molecule has 5 heteroatoms. The number of aryl methyl sites for hydroxylation is 2. The third kappa shape index (κ3) is 3.38. The number of pyridine rings is 1. The van der Waals surface area contributed by atoms with E-state index in [0.717, 1.165) is 17.8 Å². The van der Waals surface area contributed by atoms with Crippen molar-refractivity contribution in [3.8, 4) is 5.82 Å². The average molecular weight is 346 g/mol. The zero-order valence-electron chi connectivity index (χ0n) is 14.9. The number of aromatic nitrogens is 3. The summed E-state index contributed by atoms with van der Waals surface area (Å²) >= 11 is 0. The van der Waals surface area contributed by atoms with E-state index < -0.39 is 0 Å². The standard InChI is InChI=1S/C21H22N4O/c1-15(17-7-6-16-4-2-3-5-18(16)12-17)24-21(26)19-8-9-20(23-13-19)25-11-10-22-14-25/h6-15H,2-5H2,1H3,(H,24,26). The summed E-state index contributed by atoms with van der Waals surface area (Å²) in [7, 11) is 0. The van der Waals surface area contributed by atoms with E-state index in [-0.39, 0.29) is 11.9 Å². The van der Waals surface area contributed by atoms with Crippen molar-refractivity contribution in [1.82, 2.24) is 19.9 Å². The Morgan fingerprint density at radius 3 is 2.73 bits per heavy atom. The van der Waals surface area contributed by atoms with E-state index in [0.29, 0.717) is 5.56 Å². The highest BCUT2D eigenvalue weighted by Gasteiger charge is 2.15. The first-order valence-electron chi connectivity index (χ1n) is 9.07. The van der Waals surface area contributed by atoms with Crippen molar-refractivity contribution < 1.29 is 4.79 Å². The van der Waals surface area contributed by atoms with Gasteiger partial charge in [-0.3, -0.25) is 9.36 Å². The van der Waals surface area contributed by atoms with Crippen molar-refractivity contribution in [1.29, 1.82) is 0 Å². The lowest BCUT2D eigenvalue weighted by molar-refractivity contribution is 0.0939. The van der Waals surface area contributed by atoms with Crippen LogP contribution in [0.2, 0.25) is 0 Å². The van der Waals surface area contributed by atoms with Crippen molar-refractivity contribution in [2.24, 2.45) is 0 Å². The number of amides is 1. The molecule has 5 nitrogen and oxygen atoms in total. The van der Waals surface area contributed by atoms with E-state index >= 15 is 0 Å². The molecule has 1 aliphatic rings. The quantitative estimate of drug-likeness (QED) is 0.785. The maximum Gasteiger partial charge on any atom is 0.253 e. The van der Waals surface area contributed by atoms with Gasteiger partial charge in [0.2, 0.25) is 0 Å². The van der Waals surface area contributed by atoms with E-state index in [4.69, 9.17) is 0 Å². The summed E-state index contributed by atoms with van der Waals surface area (Å²) in [6.45, 7) is 2.02. The molecule has 3 aromatic rings. The summed E-state index contributed by atoms with van der Waals surface area (Å²) in [6.07, 6.45) is 11.6. The molecule has 0 radical (unpaired) electrons. The van der Waals surface area contributed by atoms with Crippen molar-refractivity contribution in [3.63, 3.8) is 0 Å². The molecule has 1 aliphatic carbocycles. The third-order valence-corrected chi connectivity index (χ3v) is 5.00. The molecule has 2 aromatic heterocycles. The predicted octanol–water partition coefficient (Wildman–Crippen LogP) is 3.64. The van der Waals surface area contributed by atoms with Crippen LogP contribution in [0.5, 0.6) is 0 Å². The Kier molecular flexibility index (Phi) is 4.52. The van der Waals surface area contributed by atoms with Gasteiger partial charge in [0.05, 0.1) is 11.6 Å². The van der Waals surface area contributed by atoms with E-state index in [1.54, 1.807) is 29.4 Å². The Morgan fingerprint density at radius 1 is 1.15 bits per heavy atom. The first-order valence-corrected chi connectivity index (χ1v) is 9.07. The summed E-state index contributed by atoms with van der Waals surface area (Å²) in [5, 5.41) is 3.08. The minimum Gasteiger partial charge on any atom is -0.345 e. The molecule has 132 valence electrons. The van der Waals surface area contributed by atoms with E-state index in [1.807, 2.05) is 19.2 Å². The van der Waals surface area contributed by atoms with Crippen LogP contribution < -0.4 is 5.32 Å². The Labute approximate surface area is 153 Å². The molecule has 4 rings (SSSR count). The molecule has 26 heavy (non-hydrogen) atoms. The van der Waals surface area contributed by atoms with Gasteiger partial charge in [-0.25, -0.2) is 9.97 Å². The molecule has 1 amide bonds. The highest BCUT2D eigenvalue weighted by Crippen LogP contribution is 2.25. The number of nitrogens with zero attached hydrogens (tertiary/aromatic N) is 3. The fourth-order valence-electron chi connectivity index (χ4n) is 3.45. The minimum absolute atomic E-state index is 0.0388. The van der Waals surface area contributed by atoms with Crippen molar-refractivity contribution in [3.05, 3.63) is 77.5 Å². The van der Waals surface area contributed by atoms with E-state index in [1.165, 1.54) is 30.4 Å². The highest BCUT2D eigenvalue weighted by molar-refractivity contribution is 5.94. The van der Waals surface area contributed by atoms with Crippen LogP contribution in [0, 0.1) is 0 Å². The monoisotopic (exact) mass is 346 g/mol. The molecule has 0 bridgehead atoms. The molecule has 2 heterocycles. The number of benzene rings is 1. The van der Waals surface area contributed by atoms with Gasteiger partial charge in [-0.1, -0.05) is 18.2 Å². The molecule has 0 aliphatic heterocycles. The topological polar surface area (TPSA) is 59.8 Å². The largest absolute Gasteiger partial charge is 0.345 e. The Balaban J connectivity index is 1.45. The molecule has 1 N–H and O–H groups in total. The highest BCUT2D eigenvalue weighted by atomic mass is 16.1. The first-order chi connectivity index (χ1) is 12.7. The van der Waals surface area contributed by atoms with Crippen LogP contribution in [-0.2, 0) is 12.8 Å². The third-order valence-electron chi connectivity index (χ3n) is 5.00. The number of nitrogens with one attached hydrogen (secondary N) is 1. The van der Waals surface area contributed by atoms with Crippen LogP contribution in [0.3, 0.4) is 0 Å². The summed E-state index contributed by atoms with van der Waals surface area (Å²) in [5.41, 5.74) is 4.60. The van der Waals surface area contributed by atoms with Crippen molar-refractivity contribution in [2.45, 2.75) is 38.6 Å². The van der Waals surface area contributed by atoms with Gasteiger partial charge in [-0.2, -0.15) is 0 Å². The minimum atomic E-state index is -0.111. The lowest BCUT2D eigenvalue weighted by atomic mass is 9.89. The van der Waals surface area contributed by atoms with Crippen LogP contribution >= 0.6 is 0 Å². The molecular formula is C21H22N4O. The van der Waals surface area contributed by atoms with Crippen LogP contribution in [0.25, 0.3) is 5.82 Å². The number of carbonyl (C=O) groups excluding carboxylic acids is 1. The maximum atomic E-state index is 12.5.